The third kappa shape index (κ3) is 5.97. The summed E-state index contributed by atoms with van der Waals surface area (Å²) in [6.07, 6.45) is 4.73. The van der Waals surface area contributed by atoms with Crippen LogP contribution in [-0.4, -0.2) is 12.5 Å². The molecule has 0 bridgehead atoms. The molecule has 8 aromatic carbocycles. The van der Waals surface area contributed by atoms with E-state index in [0.29, 0.717) is 0 Å². The van der Waals surface area contributed by atoms with Crippen LogP contribution in [0.3, 0.4) is 0 Å². The average molecular weight is 748 g/mol. The Morgan fingerprint density at radius 1 is 0.382 bits per heavy atom. The maximum absolute atomic E-state index is 6.66. The van der Waals surface area contributed by atoms with Crippen molar-refractivity contribution in [2.75, 3.05) is 17.4 Å². The Morgan fingerprint density at radius 2 is 0.855 bits per heavy atom. The predicted molar refractivity (Wildman–Crippen MR) is 231 cm³/mol. The summed E-state index contributed by atoms with van der Waals surface area (Å²) in [5, 5.41) is 0. The lowest BCUT2D eigenvalue weighted by Crippen LogP contribution is -2.10. The Hall–Kier alpha value is -6.14. The van der Waals surface area contributed by atoms with Gasteiger partial charge in [0.1, 0.15) is 23.0 Å². The molecule has 266 valence electrons. The van der Waals surface area contributed by atoms with Gasteiger partial charge >= 0.3 is 0 Å². The molecule has 0 fully saturated rings. The van der Waals surface area contributed by atoms with Gasteiger partial charge in [0.05, 0.1) is 9.79 Å². The summed E-state index contributed by atoms with van der Waals surface area (Å²) in [6, 6.07) is 66.8. The minimum Gasteiger partial charge on any atom is -0.454 e. The van der Waals surface area contributed by atoms with Crippen molar-refractivity contribution in [1.29, 1.82) is 0 Å². The first-order valence-electron chi connectivity index (χ1n) is 18.4. The van der Waals surface area contributed by atoms with Crippen molar-refractivity contribution in [1.82, 2.24) is 0 Å². The lowest BCUT2D eigenvalue weighted by Gasteiger charge is -2.39. The van der Waals surface area contributed by atoms with E-state index in [1.54, 1.807) is 11.8 Å². The van der Waals surface area contributed by atoms with Crippen molar-refractivity contribution in [3.8, 4) is 56.4 Å². The second kappa shape index (κ2) is 13.6. The number of benzene rings is 8. The highest BCUT2D eigenvalue weighted by atomic mass is 32.3. The highest BCUT2D eigenvalue weighted by molar-refractivity contribution is 8.32. The Labute approximate surface area is 328 Å². The normalized spacial score (nSPS) is 13.9. The molecule has 3 nitrogen and oxygen atoms in total. The van der Waals surface area contributed by atoms with Crippen LogP contribution in [0.4, 0.5) is 17.1 Å². The van der Waals surface area contributed by atoms with Gasteiger partial charge in [0.25, 0.3) is 0 Å². The van der Waals surface area contributed by atoms with Crippen molar-refractivity contribution in [2.45, 2.75) is 19.6 Å². The van der Waals surface area contributed by atoms with E-state index in [1.165, 1.54) is 20.9 Å². The summed E-state index contributed by atoms with van der Waals surface area (Å²) in [4.78, 5) is 7.16. The molecule has 0 aromatic heterocycles. The lowest BCUT2D eigenvalue weighted by atomic mass is 10.0. The maximum atomic E-state index is 6.66. The quantitative estimate of drug-likeness (QED) is 0.169. The molecular weight excluding hydrogens is 711 g/mol. The molecule has 0 unspecified atom stereocenters. The molecular formula is C50H37NO2S2. The van der Waals surface area contributed by atoms with Crippen LogP contribution in [0.1, 0.15) is 0 Å². The number of ether oxygens (including phenoxy) is 2. The molecule has 0 N–H and O–H groups in total. The van der Waals surface area contributed by atoms with Gasteiger partial charge in [-0.15, -0.1) is 0 Å². The minimum atomic E-state index is -1.23. The van der Waals surface area contributed by atoms with Gasteiger partial charge in [-0.25, -0.2) is 0 Å². The fourth-order valence-corrected chi connectivity index (χ4v) is 11.0. The van der Waals surface area contributed by atoms with Crippen molar-refractivity contribution < 1.29 is 9.47 Å². The Balaban J connectivity index is 1.02. The first-order valence-corrected chi connectivity index (χ1v) is 21.7. The number of hydrogen-bond donors (Lipinski definition) is 0. The van der Waals surface area contributed by atoms with E-state index in [-0.39, 0.29) is 0 Å². The molecule has 2 aliphatic rings. The third-order valence-electron chi connectivity index (χ3n) is 10.5. The zero-order chi connectivity index (χ0) is 36.9. The van der Waals surface area contributed by atoms with E-state index in [2.05, 4.69) is 193 Å². The van der Waals surface area contributed by atoms with E-state index >= 15 is 0 Å². The van der Waals surface area contributed by atoms with Gasteiger partial charge in [-0.3, -0.25) is 0 Å². The second-order valence-electron chi connectivity index (χ2n) is 14.1. The largest absolute Gasteiger partial charge is 0.454 e. The summed E-state index contributed by atoms with van der Waals surface area (Å²) < 4.78 is 13.2. The van der Waals surface area contributed by atoms with Gasteiger partial charge in [-0.2, -0.15) is 10.0 Å². The smallest absolute Gasteiger partial charge is 0.149 e. The van der Waals surface area contributed by atoms with Gasteiger partial charge in [0, 0.05) is 38.0 Å². The molecule has 10 rings (SSSR count). The number of rotatable bonds is 6. The van der Waals surface area contributed by atoms with Crippen LogP contribution in [0.5, 0.6) is 23.0 Å². The maximum Gasteiger partial charge on any atom is 0.149 e. The van der Waals surface area contributed by atoms with Crippen LogP contribution in [-0.2, 0) is 0 Å². The van der Waals surface area contributed by atoms with Crippen LogP contribution in [0.2, 0.25) is 0 Å². The van der Waals surface area contributed by atoms with Crippen LogP contribution >= 0.6 is 21.8 Å². The van der Waals surface area contributed by atoms with E-state index in [4.69, 9.17) is 9.47 Å². The Kier molecular flexibility index (Phi) is 8.28. The fraction of sp³-hybridized carbons (Fsp3) is 0.0400. The zero-order valence-corrected chi connectivity index (χ0v) is 32.1. The minimum absolute atomic E-state index is 0.898. The number of anilines is 3. The van der Waals surface area contributed by atoms with Crippen LogP contribution < -0.4 is 14.4 Å². The van der Waals surface area contributed by atoms with E-state index in [0.717, 1.165) is 72.1 Å². The summed E-state index contributed by atoms with van der Waals surface area (Å²) in [6.45, 7) is 0. The van der Waals surface area contributed by atoms with Gasteiger partial charge < -0.3 is 14.4 Å². The van der Waals surface area contributed by atoms with Crippen molar-refractivity contribution in [3.05, 3.63) is 188 Å². The predicted octanol–water partition coefficient (Wildman–Crippen LogP) is 15.0. The number of para-hydroxylation sites is 4. The summed E-state index contributed by atoms with van der Waals surface area (Å²) >= 11 is 1.76. The van der Waals surface area contributed by atoms with Crippen molar-refractivity contribution in [2.24, 2.45) is 0 Å². The molecule has 55 heavy (non-hydrogen) atoms. The van der Waals surface area contributed by atoms with Crippen LogP contribution in [0.25, 0.3) is 33.4 Å². The Bertz CT molecular complexity index is 2690. The number of fused-ring (bicyclic) bond motifs is 4. The number of nitrogens with zero attached hydrogens (tertiary/aromatic N) is 1. The highest BCUT2D eigenvalue weighted by Gasteiger charge is 2.32. The van der Waals surface area contributed by atoms with Gasteiger partial charge in [-0.05, 0) is 108 Å². The molecule has 2 heterocycles. The monoisotopic (exact) mass is 747 g/mol. The first-order chi connectivity index (χ1) is 27.0. The Morgan fingerprint density at radius 3 is 1.53 bits per heavy atom. The van der Waals surface area contributed by atoms with Gasteiger partial charge in [0.2, 0.25) is 0 Å². The van der Waals surface area contributed by atoms with Crippen LogP contribution in [0.15, 0.2) is 208 Å². The molecule has 0 saturated heterocycles. The zero-order valence-electron chi connectivity index (χ0n) is 30.5. The van der Waals surface area contributed by atoms with Crippen LogP contribution in [0, 0.1) is 0 Å². The molecule has 0 atom stereocenters. The second-order valence-corrected chi connectivity index (χ2v) is 18.8. The third-order valence-corrected chi connectivity index (χ3v) is 14.5. The first kappa shape index (κ1) is 33.4. The molecule has 0 aliphatic carbocycles. The molecule has 0 radical (unpaired) electrons. The molecule has 0 saturated carbocycles. The topological polar surface area (TPSA) is 21.7 Å². The van der Waals surface area contributed by atoms with Crippen molar-refractivity contribution in [3.63, 3.8) is 0 Å². The average Bonchev–Trinajstić information content (AvgIpc) is 3.24. The van der Waals surface area contributed by atoms with E-state index in [9.17, 15) is 0 Å². The van der Waals surface area contributed by atoms with E-state index < -0.39 is 10.0 Å². The molecule has 0 spiro atoms. The number of hydrogen-bond acceptors (Lipinski definition) is 4. The standard InChI is InChI=1S/C50H37NO2S2/c1-55(2)47-20-9-7-17-44(47)53-50-42(15-11-21-48(50)55)37-26-32-40(33-27-37)51(38-28-22-35(23-29-38)34-12-4-3-5-13-34)39-30-24-36(25-31-39)41-14-10-19-46-49(41)52-43-16-6-8-18-45(43)54-46/h3-33H,1-2H3. The molecule has 2 aliphatic heterocycles. The summed E-state index contributed by atoms with van der Waals surface area (Å²) in [7, 11) is -1.23. The molecule has 0 amide bonds. The molecule has 8 aromatic rings. The van der Waals surface area contributed by atoms with Gasteiger partial charge in [0.15, 0.2) is 0 Å². The lowest BCUT2D eigenvalue weighted by molar-refractivity contribution is 0.454. The fourth-order valence-electron chi connectivity index (χ4n) is 7.67. The van der Waals surface area contributed by atoms with Crippen molar-refractivity contribution >= 4 is 38.9 Å². The molecule has 5 heteroatoms. The summed E-state index contributed by atoms with van der Waals surface area (Å²) in [5.74, 6) is 3.73. The summed E-state index contributed by atoms with van der Waals surface area (Å²) in [5.41, 5.74) is 10.0. The SMILES string of the molecule is CS1(C)c2ccccc2Oc2c(-c3ccc(N(c4ccc(-c5ccccc5)cc4)c4ccc(-c5cccc6c5Oc5ccccc5S6)cc4)cc3)cccc21. The van der Waals surface area contributed by atoms with Gasteiger partial charge in [-0.1, -0.05) is 127 Å². The highest BCUT2D eigenvalue weighted by Crippen LogP contribution is 2.67. The van der Waals surface area contributed by atoms with E-state index in [1.807, 2.05) is 12.1 Å².